The lowest BCUT2D eigenvalue weighted by Gasteiger charge is -2.18. The van der Waals surface area contributed by atoms with Gasteiger partial charge in [-0.15, -0.1) is 0 Å². The monoisotopic (exact) mass is 1140 g/mol. The zero-order chi connectivity index (χ0) is 58.5. The first-order valence-corrected chi connectivity index (χ1v) is 36.5. The Balaban J connectivity index is 4.32. The van der Waals surface area contributed by atoms with Crippen LogP contribution in [0.1, 0.15) is 406 Å². The third-order valence-electron chi connectivity index (χ3n) is 16.6. The summed E-state index contributed by atoms with van der Waals surface area (Å²) >= 11 is 0. The molecule has 0 aliphatic carbocycles. The Kier molecular flexibility index (Phi) is 68.1. The molecule has 0 rings (SSSR count). The van der Waals surface area contributed by atoms with Crippen molar-refractivity contribution in [3.05, 3.63) is 36.5 Å². The van der Waals surface area contributed by atoms with Crippen LogP contribution in [0.15, 0.2) is 36.5 Å². The number of carbonyl (C=O) groups is 3. The maximum atomic E-state index is 13.0. The number of hydrogen-bond donors (Lipinski definition) is 0. The summed E-state index contributed by atoms with van der Waals surface area (Å²) in [5.74, 6) is -0.840. The summed E-state index contributed by atoms with van der Waals surface area (Å²) in [4.78, 5) is 38.5. The van der Waals surface area contributed by atoms with E-state index in [0.717, 1.165) is 57.8 Å². The summed E-state index contributed by atoms with van der Waals surface area (Å²) in [5.41, 5.74) is 0. The summed E-state index contributed by atoms with van der Waals surface area (Å²) < 4.78 is 17.0. The molecule has 0 aliphatic rings. The highest BCUT2D eigenvalue weighted by molar-refractivity contribution is 5.71. The largest absolute Gasteiger partial charge is 0.462 e. The minimum atomic E-state index is -0.773. The van der Waals surface area contributed by atoms with E-state index in [1.807, 2.05) is 0 Å². The van der Waals surface area contributed by atoms with Crippen LogP contribution in [-0.4, -0.2) is 37.2 Å². The smallest absolute Gasteiger partial charge is 0.306 e. The minimum absolute atomic E-state index is 0.0686. The topological polar surface area (TPSA) is 78.9 Å². The van der Waals surface area contributed by atoms with Crippen LogP contribution in [0.25, 0.3) is 0 Å². The molecule has 6 heteroatoms. The fourth-order valence-electron chi connectivity index (χ4n) is 11.1. The van der Waals surface area contributed by atoms with E-state index >= 15 is 0 Å². The SMILES string of the molecule is CCCCCCCCC=CCCCCCCCCCCCCCC(=O)OCC(COC(=O)CCCCCCCCCCCCCC=CCCCCCCCC)OC(=O)CCCCCCCCCCCCCC=CCCCCCCCC. The Hall–Kier alpha value is -2.37. The van der Waals surface area contributed by atoms with Gasteiger partial charge in [-0.2, -0.15) is 0 Å². The zero-order valence-corrected chi connectivity index (χ0v) is 54.8. The van der Waals surface area contributed by atoms with E-state index < -0.39 is 6.10 Å². The lowest BCUT2D eigenvalue weighted by atomic mass is 10.0. The normalized spacial score (nSPS) is 12.2. The van der Waals surface area contributed by atoms with Crippen molar-refractivity contribution < 1.29 is 28.6 Å². The molecular formula is C75H140O6. The van der Waals surface area contributed by atoms with E-state index in [1.54, 1.807) is 0 Å². The maximum Gasteiger partial charge on any atom is 0.306 e. The van der Waals surface area contributed by atoms with Gasteiger partial charge in [0.2, 0.25) is 0 Å². The third kappa shape index (κ3) is 68.3. The predicted molar refractivity (Wildman–Crippen MR) is 353 cm³/mol. The molecule has 0 fully saturated rings. The fourth-order valence-corrected chi connectivity index (χ4v) is 11.1. The van der Waals surface area contributed by atoms with Crippen LogP contribution < -0.4 is 0 Å². The molecule has 0 spiro atoms. The molecule has 6 nitrogen and oxygen atoms in total. The van der Waals surface area contributed by atoms with E-state index in [2.05, 4.69) is 57.2 Å². The van der Waals surface area contributed by atoms with Gasteiger partial charge in [-0.25, -0.2) is 0 Å². The van der Waals surface area contributed by atoms with Crippen molar-refractivity contribution >= 4 is 17.9 Å². The average Bonchev–Trinajstić information content (AvgIpc) is 3.47. The van der Waals surface area contributed by atoms with Gasteiger partial charge in [0.05, 0.1) is 0 Å². The van der Waals surface area contributed by atoms with Crippen LogP contribution in [0.3, 0.4) is 0 Å². The average molecular weight is 1140 g/mol. The van der Waals surface area contributed by atoms with Crippen LogP contribution in [0.4, 0.5) is 0 Å². The van der Waals surface area contributed by atoms with Gasteiger partial charge in [0, 0.05) is 19.3 Å². The molecule has 0 amide bonds. The van der Waals surface area contributed by atoms with Crippen LogP contribution in [0.2, 0.25) is 0 Å². The summed E-state index contributed by atoms with van der Waals surface area (Å²) in [6, 6.07) is 0. The molecule has 0 radical (unpaired) electrons. The van der Waals surface area contributed by atoms with Crippen LogP contribution >= 0.6 is 0 Å². The standard InChI is InChI=1S/C75H140O6/c1-4-7-10-13-16-19-22-25-28-31-34-37-40-43-46-49-52-55-58-61-64-67-73(76)79-70-72(81-75(78)69-66-63-60-57-54-51-48-45-42-39-36-33-30-27-24-21-18-15-12-9-6-3)71-80-74(77)68-65-62-59-56-53-50-47-44-41-38-35-32-29-26-23-20-17-14-11-8-5-2/h25-30,72H,4-24,31-71H2,1-3H3. The van der Waals surface area contributed by atoms with Gasteiger partial charge >= 0.3 is 17.9 Å². The number of carbonyl (C=O) groups excluding carboxylic acids is 3. The van der Waals surface area contributed by atoms with Crippen molar-refractivity contribution in [3.8, 4) is 0 Å². The molecule has 0 aromatic carbocycles. The van der Waals surface area contributed by atoms with Gasteiger partial charge in [0.1, 0.15) is 13.2 Å². The van der Waals surface area contributed by atoms with E-state index in [-0.39, 0.29) is 31.1 Å². The second kappa shape index (κ2) is 70.1. The molecule has 0 N–H and O–H groups in total. The summed E-state index contributed by atoms with van der Waals surface area (Å²) in [5, 5.41) is 0. The summed E-state index contributed by atoms with van der Waals surface area (Å²) in [6.45, 7) is 6.71. The third-order valence-corrected chi connectivity index (χ3v) is 16.6. The second-order valence-corrected chi connectivity index (χ2v) is 24.8. The van der Waals surface area contributed by atoms with E-state index in [4.69, 9.17) is 14.2 Å². The molecule has 0 atom stereocenters. The number of rotatable bonds is 68. The quantitative estimate of drug-likeness (QED) is 0.0261. The first kappa shape index (κ1) is 78.6. The Morgan fingerprint density at radius 3 is 0.617 bits per heavy atom. The molecule has 476 valence electrons. The second-order valence-electron chi connectivity index (χ2n) is 24.8. The van der Waals surface area contributed by atoms with E-state index in [9.17, 15) is 14.4 Å². The number of hydrogen-bond acceptors (Lipinski definition) is 6. The first-order chi connectivity index (χ1) is 40.0. The molecule has 81 heavy (non-hydrogen) atoms. The molecule has 0 unspecified atom stereocenters. The lowest BCUT2D eigenvalue weighted by molar-refractivity contribution is -0.167. The first-order valence-electron chi connectivity index (χ1n) is 36.5. The Morgan fingerprint density at radius 1 is 0.235 bits per heavy atom. The highest BCUT2D eigenvalue weighted by Crippen LogP contribution is 2.18. The molecule has 0 saturated heterocycles. The predicted octanol–water partition coefficient (Wildman–Crippen LogP) is 25.1. The minimum Gasteiger partial charge on any atom is -0.462 e. The van der Waals surface area contributed by atoms with Gasteiger partial charge in [-0.3, -0.25) is 14.4 Å². The molecule has 0 bridgehead atoms. The number of unbranched alkanes of at least 4 members (excludes halogenated alkanes) is 51. The van der Waals surface area contributed by atoms with E-state index in [1.165, 1.54) is 308 Å². The van der Waals surface area contributed by atoms with Crippen LogP contribution in [0, 0.1) is 0 Å². The highest BCUT2D eigenvalue weighted by Gasteiger charge is 2.19. The Morgan fingerprint density at radius 2 is 0.407 bits per heavy atom. The van der Waals surface area contributed by atoms with Crippen molar-refractivity contribution in [2.24, 2.45) is 0 Å². The fraction of sp³-hybridized carbons (Fsp3) is 0.880. The Bertz CT molecular complexity index is 1280. The van der Waals surface area contributed by atoms with Gasteiger partial charge in [-0.05, 0) is 96.3 Å². The maximum absolute atomic E-state index is 13.0. The molecule has 0 aromatic rings. The number of esters is 3. The number of ether oxygens (including phenoxy) is 3. The van der Waals surface area contributed by atoms with Crippen LogP contribution in [0.5, 0.6) is 0 Å². The molecule has 0 saturated carbocycles. The van der Waals surface area contributed by atoms with Gasteiger partial charge in [-0.1, -0.05) is 327 Å². The van der Waals surface area contributed by atoms with E-state index in [0.29, 0.717) is 19.3 Å². The van der Waals surface area contributed by atoms with Gasteiger partial charge < -0.3 is 14.2 Å². The zero-order valence-electron chi connectivity index (χ0n) is 54.8. The van der Waals surface area contributed by atoms with Gasteiger partial charge in [0.15, 0.2) is 6.10 Å². The molecule has 0 aromatic heterocycles. The van der Waals surface area contributed by atoms with Crippen molar-refractivity contribution in [2.45, 2.75) is 412 Å². The Labute approximate surface area is 506 Å². The molecular weight excluding hydrogens is 997 g/mol. The van der Waals surface area contributed by atoms with Crippen molar-refractivity contribution in [2.75, 3.05) is 13.2 Å². The van der Waals surface area contributed by atoms with Gasteiger partial charge in [0.25, 0.3) is 0 Å². The molecule has 0 heterocycles. The lowest BCUT2D eigenvalue weighted by Crippen LogP contribution is -2.30. The van der Waals surface area contributed by atoms with Crippen molar-refractivity contribution in [3.63, 3.8) is 0 Å². The van der Waals surface area contributed by atoms with Crippen molar-refractivity contribution in [1.82, 2.24) is 0 Å². The highest BCUT2D eigenvalue weighted by atomic mass is 16.6. The summed E-state index contributed by atoms with van der Waals surface area (Å²) in [6.07, 6.45) is 87.4. The van der Waals surface area contributed by atoms with Crippen molar-refractivity contribution in [1.29, 1.82) is 0 Å². The summed E-state index contributed by atoms with van der Waals surface area (Å²) in [7, 11) is 0. The number of allylic oxidation sites excluding steroid dienone is 6. The van der Waals surface area contributed by atoms with Crippen LogP contribution in [-0.2, 0) is 28.6 Å². The molecule has 0 aliphatic heterocycles.